The first-order valence-electron chi connectivity index (χ1n) is 5.85. The van der Waals surface area contributed by atoms with E-state index in [0.29, 0.717) is 11.1 Å². The van der Waals surface area contributed by atoms with Gasteiger partial charge in [-0.3, -0.25) is 14.9 Å². The zero-order valence-corrected chi connectivity index (χ0v) is 10.7. The molecule has 0 heterocycles. The van der Waals surface area contributed by atoms with Gasteiger partial charge in [0.2, 0.25) is 0 Å². The molecule has 0 radical (unpaired) electrons. The number of nitro groups is 1. The summed E-state index contributed by atoms with van der Waals surface area (Å²) in [5.41, 5.74) is 3.02. The number of nitrogens with zero attached hydrogens (tertiary/aromatic N) is 1. The summed E-state index contributed by atoms with van der Waals surface area (Å²) >= 11 is 0. The zero-order chi connectivity index (χ0) is 14.0. The van der Waals surface area contributed by atoms with E-state index in [-0.39, 0.29) is 11.5 Å². The summed E-state index contributed by atoms with van der Waals surface area (Å²) in [5.74, 6) is -0.0542. The number of nitro benzene ring substituents is 1. The molecule has 0 aliphatic heterocycles. The van der Waals surface area contributed by atoms with Gasteiger partial charge in [0.15, 0.2) is 5.78 Å². The van der Waals surface area contributed by atoms with E-state index in [0.717, 1.165) is 11.1 Å². The highest BCUT2D eigenvalue weighted by molar-refractivity contribution is 6.01. The van der Waals surface area contributed by atoms with Crippen molar-refractivity contribution in [2.45, 2.75) is 13.8 Å². The number of carbonyl (C=O) groups is 1. The van der Waals surface area contributed by atoms with Gasteiger partial charge in [-0.15, -0.1) is 0 Å². The lowest BCUT2D eigenvalue weighted by atomic mass is 9.95. The van der Waals surface area contributed by atoms with E-state index >= 15 is 0 Å². The van der Waals surface area contributed by atoms with Crippen LogP contribution in [-0.2, 0) is 0 Å². The Kier molecular flexibility index (Phi) is 3.42. The highest BCUT2D eigenvalue weighted by Gasteiger charge is 2.12. The predicted molar refractivity (Wildman–Crippen MR) is 73.3 cm³/mol. The Bertz CT molecular complexity index is 662. The van der Waals surface area contributed by atoms with Gasteiger partial charge in [0.05, 0.1) is 4.92 Å². The molecule has 4 nitrogen and oxygen atoms in total. The second-order valence-corrected chi connectivity index (χ2v) is 4.41. The van der Waals surface area contributed by atoms with Crippen molar-refractivity contribution in [1.29, 1.82) is 0 Å². The molecular formula is C15H13NO3. The molecule has 19 heavy (non-hydrogen) atoms. The molecule has 2 aromatic rings. The number of benzene rings is 2. The maximum absolute atomic E-state index is 11.6. The minimum absolute atomic E-state index is 0.0218. The van der Waals surface area contributed by atoms with Crippen LogP contribution < -0.4 is 0 Å². The Morgan fingerprint density at radius 2 is 1.89 bits per heavy atom. The van der Waals surface area contributed by atoms with E-state index < -0.39 is 4.92 Å². The largest absolute Gasteiger partial charge is 0.294 e. The minimum atomic E-state index is -0.438. The molecule has 96 valence electrons. The average molecular weight is 255 g/mol. The van der Waals surface area contributed by atoms with Gasteiger partial charge in [-0.1, -0.05) is 35.9 Å². The highest BCUT2D eigenvalue weighted by atomic mass is 16.6. The smallest absolute Gasteiger partial charge is 0.270 e. The van der Waals surface area contributed by atoms with Gasteiger partial charge in [-0.25, -0.2) is 0 Å². The van der Waals surface area contributed by atoms with E-state index in [2.05, 4.69) is 0 Å². The predicted octanol–water partition coefficient (Wildman–Crippen LogP) is 3.77. The first-order chi connectivity index (χ1) is 8.99. The molecule has 0 amide bonds. The zero-order valence-electron chi connectivity index (χ0n) is 10.7. The lowest BCUT2D eigenvalue weighted by molar-refractivity contribution is -0.384. The van der Waals surface area contributed by atoms with Crippen LogP contribution in [0.3, 0.4) is 0 Å². The summed E-state index contributed by atoms with van der Waals surface area (Å²) in [4.78, 5) is 22.0. The summed E-state index contributed by atoms with van der Waals surface area (Å²) < 4.78 is 0. The van der Waals surface area contributed by atoms with Crippen molar-refractivity contribution in [2.24, 2.45) is 0 Å². The van der Waals surface area contributed by atoms with Gasteiger partial charge >= 0.3 is 0 Å². The van der Waals surface area contributed by atoms with Crippen LogP contribution in [0.15, 0.2) is 42.5 Å². The van der Waals surface area contributed by atoms with Crippen molar-refractivity contribution in [2.75, 3.05) is 0 Å². The monoisotopic (exact) mass is 255 g/mol. The molecule has 0 unspecified atom stereocenters. The molecule has 0 N–H and O–H groups in total. The summed E-state index contributed by atoms with van der Waals surface area (Å²) in [6.07, 6.45) is 0. The Morgan fingerprint density at radius 3 is 2.53 bits per heavy atom. The Labute approximate surface area is 110 Å². The van der Waals surface area contributed by atoms with Crippen molar-refractivity contribution < 1.29 is 9.72 Å². The van der Waals surface area contributed by atoms with Gasteiger partial charge in [-0.05, 0) is 25.0 Å². The Morgan fingerprint density at radius 1 is 1.16 bits per heavy atom. The van der Waals surface area contributed by atoms with Crippen LogP contribution in [0.5, 0.6) is 0 Å². The van der Waals surface area contributed by atoms with Crippen LogP contribution in [-0.4, -0.2) is 10.7 Å². The molecule has 0 aliphatic rings. The Hall–Kier alpha value is -2.49. The van der Waals surface area contributed by atoms with Crippen molar-refractivity contribution in [3.63, 3.8) is 0 Å². The number of hydrogen-bond acceptors (Lipinski definition) is 3. The van der Waals surface area contributed by atoms with E-state index in [1.54, 1.807) is 18.2 Å². The molecule has 2 rings (SSSR count). The second-order valence-electron chi connectivity index (χ2n) is 4.41. The lowest BCUT2D eigenvalue weighted by Crippen LogP contribution is -1.97. The van der Waals surface area contributed by atoms with Crippen LogP contribution in [0.1, 0.15) is 22.8 Å². The molecule has 0 aromatic heterocycles. The molecule has 0 aliphatic carbocycles. The first kappa shape index (κ1) is 13.0. The summed E-state index contributed by atoms with van der Waals surface area (Å²) in [6.45, 7) is 3.41. The maximum Gasteiger partial charge on any atom is 0.270 e. The summed E-state index contributed by atoms with van der Waals surface area (Å²) in [7, 11) is 0. The van der Waals surface area contributed by atoms with Crippen molar-refractivity contribution in [1.82, 2.24) is 0 Å². The fraction of sp³-hybridized carbons (Fsp3) is 0.133. The maximum atomic E-state index is 11.6. The van der Waals surface area contributed by atoms with Crippen LogP contribution in [0, 0.1) is 17.0 Å². The number of Topliss-reactive ketones (excluding diaryl/α,β-unsaturated/α-hetero) is 1. The molecule has 0 spiro atoms. The topological polar surface area (TPSA) is 60.2 Å². The van der Waals surface area contributed by atoms with Crippen LogP contribution in [0.2, 0.25) is 0 Å². The molecule has 0 saturated heterocycles. The van der Waals surface area contributed by atoms with E-state index in [1.807, 2.05) is 19.1 Å². The first-order valence-corrected chi connectivity index (χ1v) is 5.85. The van der Waals surface area contributed by atoms with Crippen molar-refractivity contribution in [3.8, 4) is 11.1 Å². The van der Waals surface area contributed by atoms with Gasteiger partial charge in [0.25, 0.3) is 5.69 Å². The lowest BCUT2D eigenvalue weighted by Gasteiger charge is -2.08. The van der Waals surface area contributed by atoms with E-state index in [9.17, 15) is 14.9 Å². The molecule has 0 bridgehead atoms. The third kappa shape index (κ3) is 2.68. The molecular weight excluding hydrogens is 242 g/mol. The molecule has 0 saturated carbocycles. The SMILES string of the molecule is CC(=O)c1ccc(C)cc1-c1cccc([N+](=O)[O-])c1. The van der Waals surface area contributed by atoms with Gasteiger partial charge in [0, 0.05) is 17.7 Å². The van der Waals surface area contributed by atoms with Crippen LogP contribution >= 0.6 is 0 Å². The number of carbonyl (C=O) groups excluding carboxylic acids is 1. The number of aryl methyl sites for hydroxylation is 1. The summed E-state index contributed by atoms with van der Waals surface area (Å²) in [6, 6.07) is 11.8. The number of non-ortho nitro benzene ring substituents is 1. The van der Waals surface area contributed by atoms with Gasteiger partial charge in [0.1, 0.15) is 0 Å². The van der Waals surface area contributed by atoms with Crippen LogP contribution in [0.4, 0.5) is 5.69 Å². The second kappa shape index (κ2) is 5.02. The fourth-order valence-corrected chi connectivity index (χ4v) is 1.99. The van der Waals surface area contributed by atoms with Gasteiger partial charge < -0.3 is 0 Å². The molecule has 2 aromatic carbocycles. The molecule has 0 fully saturated rings. The van der Waals surface area contributed by atoms with Crippen molar-refractivity contribution >= 4 is 11.5 Å². The van der Waals surface area contributed by atoms with E-state index in [4.69, 9.17) is 0 Å². The summed E-state index contributed by atoms with van der Waals surface area (Å²) in [5, 5.41) is 10.8. The van der Waals surface area contributed by atoms with Crippen molar-refractivity contribution in [3.05, 3.63) is 63.7 Å². The standard InChI is InChI=1S/C15H13NO3/c1-10-6-7-14(11(2)17)15(8-10)12-4-3-5-13(9-12)16(18)19/h3-9H,1-2H3. The van der Waals surface area contributed by atoms with Crippen LogP contribution in [0.25, 0.3) is 11.1 Å². The third-order valence-corrected chi connectivity index (χ3v) is 2.92. The molecule has 4 heteroatoms. The van der Waals surface area contributed by atoms with Gasteiger partial charge in [-0.2, -0.15) is 0 Å². The van der Waals surface area contributed by atoms with E-state index in [1.165, 1.54) is 19.1 Å². The Balaban J connectivity index is 2.64. The normalized spacial score (nSPS) is 10.2. The molecule has 0 atom stereocenters. The average Bonchev–Trinajstić information content (AvgIpc) is 2.38. The number of ketones is 1. The number of rotatable bonds is 3. The minimum Gasteiger partial charge on any atom is -0.294 e. The third-order valence-electron chi connectivity index (χ3n) is 2.92. The fourth-order valence-electron chi connectivity index (χ4n) is 1.99. The quantitative estimate of drug-likeness (QED) is 0.476. The highest BCUT2D eigenvalue weighted by Crippen LogP contribution is 2.28. The number of hydrogen-bond donors (Lipinski definition) is 0.